The highest BCUT2D eigenvalue weighted by molar-refractivity contribution is 6.32. The fraction of sp³-hybridized carbons (Fsp3) is 0.333. The molecule has 1 rings (SSSR count). The maximum absolute atomic E-state index is 12.7. The molecular weight excluding hydrogens is 170 g/mol. The van der Waals surface area contributed by atoms with Crippen molar-refractivity contribution in [1.82, 2.24) is 0 Å². The average molecular weight is 180 g/mol. The van der Waals surface area contributed by atoms with E-state index < -0.39 is 5.82 Å². The molecule has 1 aromatic rings. The lowest BCUT2D eigenvalue weighted by molar-refractivity contribution is 0.146. The monoisotopic (exact) mass is 180 g/mol. The van der Waals surface area contributed by atoms with Gasteiger partial charge in [-0.1, -0.05) is 5.46 Å². The van der Waals surface area contributed by atoms with Crippen LogP contribution < -0.4 is 10.2 Å². The highest BCUT2D eigenvalue weighted by Gasteiger charge is 1.97. The molecule has 0 aliphatic heterocycles. The Morgan fingerprint density at radius 3 is 2.69 bits per heavy atom. The summed E-state index contributed by atoms with van der Waals surface area (Å²) in [4.78, 5) is 0. The van der Waals surface area contributed by atoms with Crippen LogP contribution in [0.25, 0.3) is 0 Å². The van der Waals surface area contributed by atoms with Crippen LogP contribution in [-0.4, -0.2) is 28.2 Å². The summed E-state index contributed by atoms with van der Waals surface area (Å²) in [6.45, 7) is 0.857. The summed E-state index contributed by atoms with van der Waals surface area (Å²) >= 11 is 0. The van der Waals surface area contributed by atoms with Gasteiger partial charge in [0.2, 0.25) is 0 Å². The fourth-order valence-corrected chi connectivity index (χ4v) is 0.911. The van der Waals surface area contributed by atoms with E-state index in [1.54, 1.807) is 13.2 Å². The Morgan fingerprint density at radius 1 is 1.31 bits per heavy atom. The molecule has 0 aliphatic rings. The molecule has 0 unspecified atom stereocenters. The topological polar surface area (TPSA) is 18.5 Å². The largest absolute Gasteiger partial charge is 0.491 e. The van der Waals surface area contributed by atoms with Gasteiger partial charge in [-0.05, 0) is 12.1 Å². The van der Waals surface area contributed by atoms with Crippen LogP contribution in [0.4, 0.5) is 4.39 Å². The molecule has 2 nitrogen and oxygen atoms in total. The molecule has 0 atom stereocenters. The first-order chi connectivity index (χ1) is 6.22. The maximum Gasteiger partial charge on any atom is 0.126 e. The van der Waals surface area contributed by atoms with Gasteiger partial charge >= 0.3 is 0 Å². The van der Waals surface area contributed by atoms with Crippen molar-refractivity contribution in [3.8, 4) is 5.75 Å². The lowest BCUT2D eigenvalue weighted by Crippen LogP contribution is -2.08. The van der Waals surface area contributed by atoms with Crippen LogP contribution in [0.2, 0.25) is 0 Å². The van der Waals surface area contributed by atoms with Crippen molar-refractivity contribution in [2.75, 3.05) is 20.3 Å². The average Bonchev–Trinajstić information content (AvgIpc) is 2.03. The first-order valence-corrected chi connectivity index (χ1v) is 3.90. The minimum Gasteiger partial charge on any atom is -0.491 e. The summed E-state index contributed by atoms with van der Waals surface area (Å²) in [6.07, 6.45) is 0. The highest BCUT2D eigenvalue weighted by atomic mass is 19.1. The third kappa shape index (κ3) is 3.46. The summed E-state index contributed by atoms with van der Waals surface area (Å²) in [5, 5.41) is 0. The Morgan fingerprint density at radius 2 is 2.08 bits per heavy atom. The maximum atomic E-state index is 12.7. The van der Waals surface area contributed by atoms with Gasteiger partial charge in [-0.2, -0.15) is 0 Å². The Kier molecular flexibility index (Phi) is 3.77. The summed E-state index contributed by atoms with van der Waals surface area (Å²) in [5.74, 6) is 0.0296. The fourth-order valence-electron chi connectivity index (χ4n) is 0.911. The number of hydrogen-bond acceptors (Lipinski definition) is 2. The minimum absolute atomic E-state index is 0.354. The van der Waals surface area contributed by atoms with Crippen LogP contribution in [-0.2, 0) is 4.74 Å². The SMILES string of the molecule is [B]c1cc(F)cc(OCCOC)c1. The number of hydrogen-bond donors (Lipinski definition) is 0. The van der Waals surface area contributed by atoms with E-state index in [1.807, 2.05) is 0 Å². The molecule has 0 amide bonds. The van der Waals surface area contributed by atoms with E-state index in [-0.39, 0.29) is 0 Å². The van der Waals surface area contributed by atoms with Gasteiger partial charge in [0.1, 0.15) is 26.0 Å². The zero-order valence-electron chi connectivity index (χ0n) is 7.42. The second-order valence-corrected chi connectivity index (χ2v) is 2.56. The lowest BCUT2D eigenvalue weighted by Gasteiger charge is -2.06. The Balaban J connectivity index is 2.56. The van der Waals surface area contributed by atoms with Gasteiger partial charge in [-0.15, -0.1) is 0 Å². The number of halogens is 1. The Hall–Kier alpha value is -1.03. The zero-order valence-corrected chi connectivity index (χ0v) is 7.42. The summed E-state index contributed by atoms with van der Waals surface area (Å²) in [6, 6.07) is 4.09. The van der Waals surface area contributed by atoms with Crippen molar-refractivity contribution in [2.45, 2.75) is 0 Å². The van der Waals surface area contributed by atoms with Crippen LogP contribution in [0.5, 0.6) is 5.75 Å². The molecule has 0 aliphatic carbocycles. The van der Waals surface area contributed by atoms with Crippen molar-refractivity contribution in [3.63, 3.8) is 0 Å². The molecule has 1 aromatic carbocycles. The van der Waals surface area contributed by atoms with Crippen molar-refractivity contribution in [2.24, 2.45) is 0 Å². The van der Waals surface area contributed by atoms with E-state index in [0.717, 1.165) is 0 Å². The van der Waals surface area contributed by atoms with E-state index in [1.165, 1.54) is 12.1 Å². The summed E-state index contributed by atoms with van der Waals surface area (Å²) < 4.78 is 22.7. The second kappa shape index (κ2) is 4.87. The summed E-state index contributed by atoms with van der Waals surface area (Å²) in [7, 11) is 6.99. The first-order valence-electron chi connectivity index (χ1n) is 3.90. The molecule has 0 N–H and O–H groups in total. The van der Waals surface area contributed by atoms with Crippen LogP contribution in [0.15, 0.2) is 18.2 Å². The van der Waals surface area contributed by atoms with E-state index >= 15 is 0 Å². The van der Waals surface area contributed by atoms with Crippen molar-refractivity contribution in [1.29, 1.82) is 0 Å². The van der Waals surface area contributed by atoms with E-state index in [0.29, 0.717) is 24.4 Å². The van der Waals surface area contributed by atoms with Crippen LogP contribution in [0.1, 0.15) is 0 Å². The second-order valence-electron chi connectivity index (χ2n) is 2.56. The molecule has 0 heterocycles. The molecule has 2 radical (unpaired) electrons. The predicted molar refractivity (Wildman–Crippen MR) is 49.2 cm³/mol. The van der Waals surface area contributed by atoms with Crippen LogP contribution >= 0.6 is 0 Å². The smallest absolute Gasteiger partial charge is 0.126 e. The van der Waals surface area contributed by atoms with Crippen LogP contribution in [0.3, 0.4) is 0 Å². The summed E-state index contributed by atoms with van der Waals surface area (Å²) in [5.41, 5.74) is 0.354. The van der Waals surface area contributed by atoms with Gasteiger partial charge in [-0.25, -0.2) is 4.39 Å². The molecule has 0 spiro atoms. The molecule has 0 fully saturated rings. The number of benzene rings is 1. The van der Waals surface area contributed by atoms with Crippen molar-refractivity contribution < 1.29 is 13.9 Å². The van der Waals surface area contributed by atoms with Gasteiger partial charge in [0.15, 0.2) is 0 Å². The molecule has 13 heavy (non-hydrogen) atoms. The van der Waals surface area contributed by atoms with Gasteiger partial charge in [-0.3, -0.25) is 0 Å². The molecule has 68 valence electrons. The molecular formula is C9H10BFO2. The van der Waals surface area contributed by atoms with Gasteiger partial charge in [0.05, 0.1) is 6.61 Å². The third-order valence-corrected chi connectivity index (χ3v) is 1.45. The van der Waals surface area contributed by atoms with E-state index in [4.69, 9.17) is 17.3 Å². The van der Waals surface area contributed by atoms with Gasteiger partial charge in [0.25, 0.3) is 0 Å². The molecule has 0 saturated carbocycles. The highest BCUT2D eigenvalue weighted by Crippen LogP contribution is 2.09. The normalized spacial score (nSPS) is 10.0. The molecule has 0 aromatic heterocycles. The standard InChI is InChI=1S/C9H10BFO2/c1-12-2-3-13-9-5-7(10)4-8(11)6-9/h4-6H,2-3H2,1H3. The van der Waals surface area contributed by atoms with E-state index in [9.17, 15) is 4.39 Å². The van der Waals surface area contributed by atoms with Gasteiger partial charge < -0.3 is 9.47 Å². The number of methoxy groups -OCH3 is 1. The Labute approximate surface area is 78.1 Å². The molecule has 0 bridgehead atoms. The van der Waals surface area contributed by atoms with Crippen LogP contribution in [0, 0.1) is 5.82 Å². The minimum atomic E-state index is -0.396. The first kappa shape index (κ1) is 10.1. The quantitative estimate of drug-likeness (QED) is 0.500. The van der Waals surface area contributed by atoms with Crippen molar-refractivity contribution >= 4 is 13.3 Å². The third-order valence-electron chi connectivity index (χ3n) is 1.45. The molecule has 0 saturated heterocycles. The predicted octanol–water partition coefficient (Wildman–Crippen LogP) is 0.645. The zero-order chi connectivity index (χ0) is 9.68. The molecule has 4 heteroatoms. The van der Waals surface area contributed by atoms with E-state index in [2.05, 4.69) is 0 Å². The number of ether oxygens (including phenoxy) is 2. The number of rotatable bonds is 4. The lowest BCUT2D eigenvalue weighted by atomic mass is 9.96. The Bertz CT molecular complexity index is 258. The van der Waals surface area contributed by atoms with Crippen molar-refractivity contribution in [3.05, 3.63) is 24.0 Å². The van der Waals surface area contributed by atoms with Gasteiger partial charge in [0, 0.05) is 13.2 Å².